The van der Waals surface area contributed by atoms with Crippen molar-refractivity contribution in [3.05, 3.63) is 71.4 Å². The Morgan fingerprint density at radius 3 is 2.51 bits per heavy atom. The van der Waals surface area contributed by atoms with Crippen LogP contribution in [0.25, 0.3) is 17.0 Å². The molecule has 0 radical (unpaired) electrons. The fourth-order valence-corrected chi connectivity index (χ4v) is 5.10. The predicted molar refractivity (Wildman–Crippen MR) is 146 cm³/mol. The number of hydrogen-bond donors (Lipinski definition) is 0. The molecule has 2 fully saturated rings. The molecular formula is C30H38N4O. The Morgan fingerprint density at radius 1 is 0.914 bits per heavy atom. The largest absolute Gasteiger partial charge is 0.492 e. The van der Waals surface area contributed by atoms with E-state index < -0.39 is 0 Å². The van der Waals surface area contributed by atoms with Crippen LogP contribution in [0.3, 0.4) is 0 Å². The van der Waals surface area contributed by atoms with Gasteiger partial charge in [-0.25, -0.2) is 0 Å². The standard InChI is InChI=1S/C30H38N4O/c1-3-26-10-11-28-29(31-26)8-5-9-30(28)35-21-20-33-14-12-24(13-15-33)22-25-6-4-7-27(23-25)34-18-16-32(2)17-19-34/h4-11,22-23H,3,12-21H2,1-2H3. The number of likely N-dealkylation sites (tertiary alicyclic amines) is 1. The Bertz CT molecular complexity index is 1160. The van der Waals surface area contributed by atoms with Crippen molar-refractivity contribution in [2.45, 2.75) is 26.2 Å². The maximum absolute atomic E-state index is 6.19. The number of rotatable bonds is 7. The minimum absolute atomic E-state index is 0.709. The van der Waals surface area contributed by atoms with Gasteiger partial charge < -0.3 is 14.5 Å². The highest BCUT2D eigenvalue weighted by Gasteiger charge is 2.16. The average Bonchev–Trinajstić information content (AvgIpc) is 2.90. The van der Waals surface area contributed by atoms with E-state index in [1.165, 1.54) is 11.3 Å². The third-order valence-corrected chi connectivity index (χ3v) is 7.38. The van der Waals surface area contributed by atoms with Crippen LogP contribution in [0.5, 0.6) is 5.75 Å². The highest BCUT2D eigenvalue weighted by Crippen LogP contribution is 2.26. The number of ether oxygens (including phenoxy) is 1. The number of fused-ring (bicyclic) bond motifs is 1. The zero-order valence-electron chi connectivity index (χ0n) is 21.2. The van der Waals surface area contributed by atoms with Crippen molar-refractivity contribution in [1.29, 1.82) is 0 Å². The molecule has 2 aliphatic rings. The second-order valence-electron chi connectivity index (χ2n) is 9.86. The lowest BCUT2D eigenvalue weighted by Crippen LogP contribution is -2.44. The lowest BCUT2D eigenvalue weighted by atomic mass is 10.0. The summed E-state index contributed by atoms with van der Waals surface area (Å²) in [7, 11) is 2.21. The summed E-state index contributed by atoms with van der Waals surface area (Å²) in [5.41, 5.74) is 6.40. The van der Waals surface area contributed by atoms with E-state index in [-0.39, 0.29) is 0 Å². The monoisotopic (exact) mass is 470 g/mol. The Hall–Kier alpha value is -2.89. The van der Waals surface area contributed by atoms with Crippen molar-refractivity contribution in [2.24, 2.45) is 0 Å². The first-order chi connectivity index (χ1) is 17.2. The summed E-state index contributed by atoms with van der Waals surface area (Å²) in [6, 6.07) is 19.5. The molecule has 2 saturated heterocycles. The zero-order valence-corrected chi connectivity index (χ0v) is 21.2. The van der Waals surface area contributed by atoms with E-state index in [0.717, 1.165) is 87.4 Å². The van der Waals surface area contributed by atoms with Crippen LogP contribution >= 0.6 is 0 Å². The molecule has 2 aliphatic heterocycles. The van der Waals surface area contributed by atoms with E-state index in [1.807, 2.05) is 6.07 Å². The predicted octanol–water partition coefficient (Wildman–Crippen LogP) is 5.11. The van der Waals surface area contributed by atoms with Gasteiger partial charge in [-0.15, -0.1) is 0 Å². The molecule has 3 aromatic rings. The third-order valence-electron chi connectivity index (χ3n) is 7.38. The number of piperidine rings is 1. The lowest BCUT2D eigenvalue weighted by molar-refractivity contribution is 0.200. The van der Waals surface area contributed by atoms with Crippen molar-refractivity contribution >= 4 is 22.7 Å². The van der Waals surface area contributed by atoms with Gasteiger partial charge in [-0.3, -0.25) is 9.88 Å². The summed E-state index contributed by atoms with van der Waals surface area (Å²) in [6.07, 6.45) is 5.64. The van der Waals surface area contributed by atoms with Gasteiger partial charge in [0.2, 0.25) is 0 Å². The number of nitrogens with zero attached hydrogens (tertiary/aromatic N) is 4. The van der Waals surface area contributed by atoms with Crippen LogP contribution in [-0.2, 0) is 6.42 Å². The molecule has 2 aromatic carbocycles. The van der Waals surface area contributed by atoms with Crippen LogP contribution in [-0.4, -0.2) is 74.3 Å². The summed E-state index contributed by atoms with van der Waals surface area (Å²) in [6.45, 7) is 10.5. The van der Waals surface area contributed by atoms with E-state index in [0.29, 0.717) is 6.61 Å². The molecule has 0 unspecified atom stereocenters. The van der Waals surface area contributed by atoms with Gasteiger partial charge in [0.25, 0.3) is 0 Å². The minimum atomic E-state index is 0.709. The molecule has 3 heterocycles. The summed E-state index contributed by atoms with van der Waals surface area (Å²) in [4.78, 5) is 12.2. The topological polar surface area (TPSA) is 31.8 Å². The fourth-order valence-electron chi connectivity index (χ4n) is 5.10. The molecule has 0 saturated carbocycles. The van der Waals surface area contributed by atoms with Crippen LogP contribution in [0.15, 0.2) is 60.2 Å². The van der Waals surface area contributed by atoms with E-state index >= 15 is 0 Å². The molecule has 0 amide bonds. The first kappa shape index (κ1) is 23.8. The number of benzene rings is 2. The Morgan fingerprint density at radius 2 is 1.71 bits per heavy atom. The third kappa shape index (κ3) is 6.03. The highest BCUT2D eigenvalue weighted by atomic mass is 16.5. The average molecular weight is 471 g/mol. The molecule has 0 N–H and O–H groups in total. The molecule has 5 nitrogen and oxygen atoms in total. The molecule has 1 aromatic heterocycles. The van der Waals surface area contributed by atoms with Gasteiger partial charge in [-0.05, 0) is 68.3 Å². The Balaban J connectivity index is 1.12. The molecule has 0 aliphatic carbocycles. The number of likely N-dealkylation sites (N-methyl/N-ethyl adjacent to an activating group) is 1. The van der Waals surface area contributed by atoms with Crippen molar-refractivity contribution in [3.63, 3.8) is 0 Å². The van der Waals surface area contributed by atoms with Crippen molar-refractivity contribution in [3.8, 4) is 5.75 Å². The van der Waals surface area contributed by atoms with Crippen LogP contribution in [0.1, 0.15) is 31.0 Å². The maximum atomic E-state index is 6.19. The fraction of sp³-hybridized carbons (Fsp3) is 0.433. The number of aryl methyl sites for hydroxylation is 1. The molecule has 0 atom stereocenters. The Labute approximate surface area is 210 Å². The molecule has 35 heavy (non-hydrogen) atoms. The smallest absolute Gasteiger partial charge is 0.128 e. The normalized spacial score (nSPS) is 17.7. The van der Waals surface area contributed by atoms with Crippen LogP contribution in [0.4, 0.5) is 5.69 Å². The maximum Gasteiger partial charge on any atom is 0.128 e. The van der Waals surface area contributed by atoms with E-state index in [4.69, 9.17) is 9.72 Å². The Kier molecular flexibility index (Phi) is 7.65. The molecule has 0 bridgehead atoms. The van der Waals surface area contributed by atoms with E-state index in [9.17, 15) is 0 Å². The second-order valence-corrected chi connectivity index (χ2v) is 9.86. The number of pyridine rings is 1. The molecule has 5 rings (SSSR count). The van der Waals surface area contributed by atoms with Gasteiger partial charge in [0.1, 0.15) is 12.4 Å². The minimum Gasteiger partial charge on any atom is -0.492 e. The number of piperazine rings is 1. The molecule has 5 heteroatoms. The summed E-state index contributed by atoms with van der Waals surface area (Å²) < 4.78 is 6.19. The van der Waals surface area contributed by atoms with Gasteiger partial charge in [-0.2, -0.15) is 0 Å². The van der Waals surface area contributed by atoms with E-state index in [2.05, 4.69) is 83.3 Å². The summed E-state index contributed by atoms with van der Waals surface area (Å²) in [5, 5.41) is 1.10. The van der Waals surface area contributed by atoms with Gasteiger partial charge in [0.15, 0.2) is 0 Å². The van der Waals surface area contributed by atoms with Gasteiger partial charge in [-0.1, -0.05) is 36.8 Å². The van der Waals surface area contributed by atoms with Crippen LogP contribution < -0.4 is 9.64 Å². The molecule has 0 spiro atoms. The van der Waals surface area contributed by atoms with Gasteiger partial charge in [0.05, 0.1) is 5.52 Å². The lowest BCUT2D eigenvalue weighted by Gasteiger charge is -2.34. The number of aromatic nitrogens is 1. The summed E-state index contributed by atoms with van der Waals surface area (Å²) in [5.74, 6) is 0.940. The number of hydrogen-bond acceptors (Lipinski definition) is 5. The zero-order chi connectivity index (χ0) is 24.0. The number of anilines is 1. The van der Waals surface area contributed by atoms with Gasteiger partial charge in [0, 0.05) is 62.6 Å². The van der Waals surface area contributed by atoms with Crippen LogP contribution in [0, 0.1) is 0 Å². The van der Waals surface area contributed by atoms with Crippen molar-refractivity contribution in [2.75, 3.05) is 64.4 Å². The first-order valence-electron chi connectivity index (χ1n) is 13.1. The SMILES string of the molecule is CCc1ccc2c(OCCN3CCC(=Cc4cccc(N5CCN(C)CC5)c4)CC3)cccc2n1. The van der Waals surface area contributed by atoms with E-state index in [1.54, 1.807) is 5.57 Å². The quantitative estimate of drug-likeness (QED) is 0.479. The first-order valence-corrected chi connectivity index (χ1v) is 13.1. The van der Waals surface area contributed by atoms with Crippen LogP contribution in [0.2, 0.25) is 0 Å². The molecule has 184 valence electrons. The van der Waals surface area contributed by atoms with Gasteiger partial charge >= 0.3 is 0 Å². The molecular weight excluding hydrogens is 432 g/mol. The second kappa shape index (κ2) is 11.2. The summed E-state index contributed by atoms with van der Waals surface area (Å²) >= 11 is 0. The van der Waals surface area contributed by atoms with Crippen molar-refractivity contribution < 1.29 is 4.74 Å². The highest BCUT2D eigenvalue weighted by molar-refractivity contribution is 5.85. The van der Waals surface area contributed by atoms with Crippen molar-refractivity contribution in [1.82, 2.24) is 14.8 Å².